The summed E-state index contributed by atoms with van der Waals surface area (Å²) >= 11 is 0. The molecule has 1 aliphatic rings. The smallest absolute Gasteiger partial charge is 0.302 e. The largest absolute Gasteiger partial charge is 0.464 e. The van der Waals surface area contributed by atoms with Crippen LogP contribution >= 0.6 is 0 Å². The Morgan fingerprint density at radius 1 is 1.33 bits per heavy atom. The van der Waals surface area contributed by atoms with E-state index in [0.717, 1.165) is 48.4 Å². The van der Waals surface area contributed by atoms with E-state index in [-0.39, 0.29) is 6.10 Å². The van der Waals surface area contributed by atoms with Gasteiger partial charge in [-0.2, -0.15) is 4.98 Å². The third-order valence-corrected chi connectivity index (χ3v) is 5.59. The molecule has 0 spiro atoms. The van der Waals surface area contributed by atoms with E-state index in [9.17, 15) is 5.11 Å². The normalized spacial score (nSPS) is 18.3. The average Bonchev–Trinajstić information content (AvgIpc) is 3.24. The van der Waals surface area contributed by atoms with Crippen LogP contribution in [0.15, 0.2) is 36.7 Å². The number of imidazole rings is 1. The number of piperidine rings is 1. The summed E-state index contributed by atoms with van der Waals surface area (Å²) in [4.78, 5) is 15.1. The SMILES string of the molecule is [C-]#[N+]c1ccc(-c2nc(OCC3CCCN(C[C@H](C)O)C3)n3ccnc3c2C)cc1. The van der Waals surface area contributed by atoms with Crippen LogP contribution in [0.3, 0.4) is 0 Å². The van der Waals surface area contributed by atoms with Gasteiger partial charge in [0.2, 0.25) is 0 Å². The highest BCUT2D eigenvalue weighted by Gasteiger charge is 2.22. The third kappa shape index (κ3) is 4.30. The summed E-state index contributed by atoms with van der Waals surface area (Å²) in [5.41, 5.74) is 4.16. The average molecular weight is 406 g/mol. The number of aliphatic hydroxyl groups is 1. The molecule has 0 bridgehead atoms. The van der Waals surface area contributed by atoms with Gasteiger partial charge in [-0.05, 0) is 38.8 Å². The molecule has 1 unspecified atom stereocenters. The van der Waals surface area contributed by atoms with Gasteiger partial charge in [0.25, 0.3) is 0 Å². The van der Waals surface area contributed by atoms with Crippen molar-refractivity contribution in [1.29, 1.82) is 0 Å². The number of ether oxygens (including phenoxy) is 1. The van der Waals surface area contributed by atoms with Crippen molar-refractivity contribution in [3.63, 3.8) is 0 Å². The second-order valence-corrected chi connectivity index (χ2v) is 8.08. The van der Waals surface area contributed by atoms with Gasteiger partial charge >= 0.3 is 6.01 Å². The van der Waals surface area contributed by atoms with E-state index in [4.69, 9.17) is 16.3 Å². The van der Waals surface area contributed by atoms with Gasteiger partial charge in [0.1, 0.15) is 5.65 Å². The number of β-amino-alcohol motifs (C(OH)–C–C–N with tert-alkyl or cyclic N) is 1. The van der Waals surface area contributed by atoms with Crippen molar-refractivity contribution in [3.05, 3.63) is 53.6 Å². The van der Waals surface area contributed by atoms with Crippen molar-refractivity contribution in [2.75, 3.05) is 26.2 Å². The molecule has 0 amide bonds. The van der Waals surface area contributed by atoms with E-state index >= 15 is 0 Å². The first-order valence-corrected chi connectivity index (χ1v) is 10.4. The molecule has 1 N–H and O–H groups in total. The molecule has 0 radical (unpaired) electrons. The maximum atomic E-state index is 9.68. The number of likely N-dealkylation sites (tertiary alicyclic amines) is 1. The standard InChI is InChI=1S/C23H27N5O2/c1-16(29)13-27-11-4-5-18(14-27)15-30-23-26-21(17(2)22-25-10-12-28(22)23)19-6-8-20(24-3)9-7-19/h6-10,12,16,18,29H,4-5,11,13-15H2,1-2H3/t16-,18?/m0/s1. The van der Waals surface area contributed by atoms with Gasteiger partial charge in [-0.25, -0.2) is 9.83 Å². The van der Waals surface area contributed by atoms with E-state index < -0.39 is 0 Å². The van der Waals surface area contributed by atoms with Crippen molar-refractivity contribution < 1.29 is 9.84 Å². The summed E-state index contributed by atoms with van der Waals surface area (Å²) in [6.07, 6.45) is 5.54. The zero-order valence-corrected chi connectivity index (χ0v) is 17.5. The molecule has 3 heterocycles. The van der Waals surface area contributed by atoms with Crippen LogP contribution in [0.2, 0.25) is 0 Å². The molecule has 1 aromatic carbocycles. The molecular formula is C23H27N5O2. The lowest BCUT2D eigenvalue weighted by Crippen LogP contribution is -2.41. The fourth-order valence-electron chi connectivity index (χ4n) is 4.17. The van der Waals surface area contributed by atoms with Crippen molar-refractivity contribution in [2.45, 2.75) is 32.8 Å². The van der Waals surface area contributed by atoms with E-state index in [0.29, 0.717) is 30.8 Å². The highest BCUT2D eigenvalue weighted by Crippen LogP contribution is 2.29. The number of hydrogen-bond acceptors (Lipinski definition) is 5. The molecule has 1 saturated heterocycles. The van der Waals surface area contributed by atoms with E-state index in [2.05, 4.69) is 14.7 Å². The van der Waals surface area contributed by atoms with Gasteiger partial charge in [-0.3, -0.25) is 4.40 Å². The van der Waals surface area contributed by atoms with E-state index in [1.54, 1.807) is 18.3 Å². The van der Waals surface area contributed by atoms with E-state index in [1.807, 2.05) is 36.6 Å². The van der Waals surface area contributed by atoms with Crippen LogP contribution in [0.5, 0.6) is 6.01 Å². The lowest BCUT2D eigenvalue weighted by atomic mass is 9.99. The van der Waals surface area contributed by atoms with Crippen molar-refractivity contribution >= 4 is 11.3 Å². The number of nitrogens with zero attached hydrogens (tertiary/aromatic N) is 5. The molecular weight excluding hydrogens is 378 g/mol. The van der Waals surface area contributed by atoms with Gasteiger partial charge in [0, 0.05) is 37.0 Å². The highest BCUT2D eigenvalue weighted by molar-refractivity contribution is 5.71. The van der Waals surface area contributed by atoms with Crippen LogP contribution in [-0.2, 0) is 0 Å². The van der Waals surface area contributed by atoms with Crippen LogP contribution < -0.4 is 4.74 Å². The molecule has 3 aromatic rings. The molecule has 1 aliphatic heterocycles. The Kier molecular flexibility index (Phi) is 5.98. The van der Waals surface area contributed by atoms with Gasteiger partial charge in [0.15, 0.2) is 5.69 Å². The summed E-state index contributed by atoms with van der Waals surface area (Å²) in [5, 5.41) is 9.68. The van der Waals surface area contributed by atoms with Crippen molar-refractivity contribution in [3.8, 4) is 17.3 Å². The first-order valence-electron chi connectivity index (χ1n) is 10.4. The molecule has 4 rings (SSSR count). The van der Waals surface area contributed by atoms with Crippen LogP contribution in [-0.4, -0.2) is 56.7 Å². The monoisotopic (exact) mass is 405 g/mol. The minimum Gasteiger partial charge on any atom is -0.464 e. The highest BCUT2D eigenvalue weighted by atomic mass is 16.5. The summed E-state index contributed by atoms with van der Waals surface area (Å²) in [7, 11) is 0. The fourth-order valence-corrected chi connectivity index (χ4v) is 4.17. The number of rotatable bonds is 6. The van der Waals surface area contributed by atoms with Crippen LogP contribution in [0, 0.1) is 19.4 Å². The first-order chi connectivity index (χ1) is 14.5. The summed E-state index contributed by atoms with van der Waals surface area (Å²) in [6.45, 7) is 14.2. The molecule has 2 atom stereocenters. The fraction of sp³-hybridized carbons (Fsp3) is 0.435. The second kappa shape index (κ2) is 8.82. The van der Waals surface area contributed by atoms with Gasteiger partial charge in [-0.1, -0.05) is 24.3 Å². The Labute approximate surface area is 176 Å². The molecule has 7 heteroatoms. The van der Waals surface area contributed by atoms with Crippen LogP contribution in [0.4, 0.5) is 5.69 Å². The summed E-state index contributed by atoms with van der Waals surface area (Å²) < 4.78 is 8.10. The zero-order valence-electron chi connectivity index (χ0n) is 17.5. The zero-order chi connectivity index (χ0) is 21.1. The van der Waals surface area contributed by atoms with Gasteiger partial charge < -0.3 is 14.7 Å². The molecule has 0 aliphatic carbocycles. The van der Waals surface area contributed by atoms with Crippen molar-refractivity contribution in [2.24, 2.45) is 5.92 Å². The number of aromatic nitrogens is 3. The topological polar surface area (TPSA) is 67.2 Å². The molecule has 0 saturated carbocycles. The van der Waals surface area contributed by atoms with Crippen molar-refractivity contribution in [1.82, 2.24) is 19.3 Å². The third-order valence-electron chi connectivity index (χ3n) is 5.59. The molecule has 1 fully saturated rings. The van der Waals surface area contributed by atoms with Gasteiger partial charge in [0.05, 0.1) is 25.0 Å². The minimum absolute atomic E-state index is 0.314. The lowest BCUT2D eigenvalue weighted by Gasteiger charge is -2.33. The summed E-state index contributed by atoms with van der Waals surface area (Å²) in [5.74, 6) is 0.403. The second-order valence-electron chi connectivity index (χ2n) is 8.08. The number of fused-ring (bicyclic) bond motifs is 1. The first kappa shape index (κ1) is 20.3. The Morgan fingerprint density at radius 3 is 2.87 bits per heavy atom. The Morgan fingerprint density at radius 2 is 2.13 bits per heavy atom. The van der Waals surface area contributed by atoms with Crippen LogP contribution in [0.1, 0.15) is 25.3 Å². The number of aryl methyl sites for hydroxylation is 1. The molecule has 2 aromatic heterocycles. The Balaban J connectivity index is 1.57. The Bertz CT molecular complexity index is 1050. The summed E-state index contributed by atoms with van der Waals surface area (Å²) in [6, 6.07) is 7.98. The number of benzene rings is 1. The molecule has 7 nitrogen and oxygen atoms in total. The maximum Gasteiger partial charge on any atom is 0.302 e. The molecule has 156 valence electrons. The lowest BCUT2D eigenvalue weighted by molar-refractivity contribution is 0.0778. The van der Waals surface area contributed by atoms with E-state index in [1.165, 1.54) is 0 Å². The minimum atomic E-state index is -0.314. The quantitative estimate of drug-likeness (QED) is 0.633. The number of hydrogen-bond donors (Lipinski definition) is 1. The van der Waals surface area contributed by atoms with Gasteiger partial charge in [-0.15, -0.1) is 0 Å². The number of aliphatic hydroxyl groups excluding tert-OH is 1. The maximum absolute atomic E-state index is 9.68. The Hall–Kier alpha value is -2.95. The predicted molar refractivity (Wildman–Crippen MR) is 116 cm³/mol. The molecule has 30 heavy (non-hydrogen) atoms. The van der Waals surface area contributed by atoms with Crippen LogP contribution in [0.25, 0.3) is 21.7 Å². The predicted octanol–water partition coefficient (Wildman–Crippen LogP) is 3.73.